The Morgan fingerprint density at radius 3 is 2.23 bits per heavy atom. The predicted octanol–water partition coefficient (Wildman–Crippen LogP) is 4.60. The molecule has 1 aromatic carbocycles. The van der Waals surface area contributed by atoms with Crippen molar-refractivity contribution in [2.45, 2.75) is 12.4 Å². The lowest BCUT2D eigenvalue weighted by Gasteiger charge is -2.11. The number of fused-ring (bicyclic) bond motifs is 1. The normalized spacial score (nSPS) is 13.0. The van der Waals surface area contributed by atoms with Gasteiger partial charge in [0, 0.05) is 18.0 Å². The van der Waals surface area contributed by atoms with Gasteiger partial charge in [-0.1, -0.05) is 0 Å². The molecule has 3 aromatic rings. The Morgan fingerprint density at radius 2 is 1.68 bits per heavy atom. The zero-order valence-corrected chi connectivity index (χ0v) is 10.6. The molecule has 3 rings (SSSR count). The SMILES string of the molecule is FC(F)(F)c1cc(C(F)(F)F)c2nc(-c3cc[nH]c3)[nH]c2c1. The van der Waals surface area contributed by atoms with E-state index < -0.39 is 29.0 Å². The fraction of sp³-hybridized carbons (Fsp3) is 0.154. The monoisotopic (exact) mass is 319 g/mol. The van der Waals surface area contributed by atoms with Gasteiger partial charge in [-0.3, -0.25) is 0 Å². The van der Waals surface area contributed by atoms with Crippen LogP contribution in [0.1, 0.15) is 11.1 Å². The summed E-state index contributed by atoms with van der Waals surface area (Å²) < 4.78 is 77.3. The number of aromatic amines is 2. The quantitative estimate of drug-likeness (QED) is 0.633. The molecule has 0 saturated carbocycles. The fourth-order valence-corrected chi connectivity index (χ4v) is 2.11. The molecule has 2 aromatic heterocycles. The lowest BCUT2D eigenvalue weighted by atomic mass is 10.1. The van der Waals surface area contributed by atoms with Crippen molar-refractivity contribution in [3.8, 4) is 11.4 Å². The van der Waals surface area contributed by atoms with E-state index in [-0.39, 0.29) is 17.4 Å². The summed E-state index contributed by atoms with van der Waals surface area (Å²) in [5.74, 6) is 0.0566. The maximum Gasteiger partial charge on any atom is 0.418 e. The molecule has 0 aliphatic carbocycles. The largest absolute Gasteiger partial charge is 0.418 e. The van der Waals surface area contributed by atoms with Gasteiger partial charge in [0.25, 0.3) is 0 Å². The van der Waals surface area contributed by atoms with E-state index >= 15 is 0 Å². The van der Waals surface area contributed by atoms with Gasteiger partial charge < -0.3 is 9.97 Å². The highest BCUT2D eigenvalue weighted by Gasteiger charge is 2.39. The molecule has 0 bridgehead atoms. The number of nitrogens with one attached hydrogen (secondary N) is 2. The highest BCUT2D eigenvalue weighted by atomic mass is 19.4. The topological polar surface area (TPSA) is 44.5 Å². The second-order valence-electron chi connectivity index (χ2n) is 4.60. The van der Waals surface area contributed by atoms with Crippen molar-refractivity contribution in [1.82, 2.24) is 15.0 Å². The highest BCUT2D eigenvalue weighted by molar-refractivity contribution is 5.83. The van der Waals surface area contributed by atoms with E-state index in [1.54, 1.807) is 0 Å². The molecule has 3 nitrogen and oxygen atoms in total. The Kier molecular flexibility index (Phi) is 2.98. The van der Waals surface area contributed by atoms with Crippen LogP contribution in [-0.2, 0) is 12.4 Å². The van der Waals surface area contributed by atoms with Crippen molar-refractivity contribution in [2.75, 3.05) is 0 Å². The summed E-state index contributed by atoms with van der Waals surface area (Å²) in [6.07, 6.45) is -6.83. The minimum atomic E-state index is -4.94. The van der Waals surface area contributed by atoms with Gasteiger partial charge in [0.2, 0.25) is 0 Å². The molecule has 0 radical (unpaired) electrons. The van der Waals surface area contributed by atoms with E-state index in [4.69, 9.17) is 0 Å². The number of imidazole rings is 1. The Balaban J connectivity index is 2.29. The maximum atomic E-state index is 13.0. The summed E-state index contributed by atoms with van der Waals surface area (Å²) in [7, 11) is 0. The van der Waals surface area contributed by atoms with Crippen LogP contribution in [0, 0.1) is 0 Å². The van der Waals surface area contributed by atoms with Gasteiger partial charge in [-0.15, -0.1) is 0 Å². The molecule has 0 spiro atoms. The molecular formula is C13H7F6N3. The average molecular weight is 319 g/mol. The maximum absolute atomic E-state index is 13.0. The number of rotatable bonds is 1. The molecular weight excluding hydrogens is 312 g/mol. The molecule has 2 heterocycles. The molecule has 0 saturated heterocycles. The van der Waals surface area contributed by atoms with Crippen molar-refractivity contribution in [1.29, 1.82) is 0 Å². The highest BCUT2D eigenvalue weighted by Crippen LogP contribution is 2.39. The number of halogens is 6. The third-order valence-corrected chi connectivity index (χ3v) is 3.09. The van der Waals surface area contributed by atoms with Gasteiger partial charge in [0.15, 0.2) is 0 Å². The first-order chi connectivity index (χ1) is 10.2. The zero-order chi connectivity index (χ0) is 16.1. The van der Waals surface area contributed by atoms with Gasteiger partial charge in [-0.2, -0.15) is 26.3 Å². The number of H-pyrrole nitrogens is 2. The molecule has 0 fully saturated rings. The first kappa shape index (κ1) is 14.5. The zero-order valence-electron chi connectivity index (χ0n) is 10.6. The van der Waals surface area contributed by atoms with Crippen LogP contribution in [-0.4, -0.2) is 15.0 Å². The third-order valence-electron chi connectivity index (χ3n) is 3.09. The molecule has 0 aliphatic rings. The molecule has 0 amide bonds. The van der Waals surface area contributed by atoms with E-state index in [9.17, 15) is 26.3 Å². The van der Waals surface area contributed by atoms with Crippen LogP contribution in [0.15, 0.2) is 30.6 Å². The van der Waals surface area contributed by atoms with Crippen molar-refractivity contribution in [3.05, 3.63) is 41.7 Å². The van der Waals surface area contributed by atoms with Crippen LogP contribution in [0.25, 0.3) is 22.4 Å². The Bertz CT molecular complexity index is 811. The molecule has 0 aliphatic heterocycles. The van der Waals surface area contributed by atoms with Crippen LogP contribution in [0.2, 0.25) is 0 Å². The van der Waals surface area contributed by atoms with E-state index in [2.05, 4.69) is 15.0 Å². The lowest BCUT2D eigenvalue weighted by molar-refractivity contribution is -0.142. The van der Waals surface area contributed by atoms with Gasteiger partial charge in [-0.05, 0) is 18.2 Å². The lowest BCUT2D eigenvalue weighted by Crippen LogP contribution is -2.11. The molecule has 22 heavy (non-hydrogen) atoms. The molecule has 0 unspecified atom stereocenters. The van der Waals surface area contributed by atoms with Crippen LogP contribution in [0.5, 0.6) is 0 Å². The first-order valence-electron chi connectivity index (χ1n) is 5.97. The third kappa shape index (κ3) is 2.42. The van der Waals surface area contributed by atoms with Gasteiger partial charge in [0.1, 0.15) is 11.3 Å². The first-order valence-corrected chi connectivity index (χ1v) is 5.97. The van der Waals surface area contributed by atoms with Crippen LogP contribution in [0.3, 0.4) is 0 Å². The van der Waals surface area contributed by atoms with Gasteiger partial charge >= 0.3 is 12.4 Å². The van der Waals surface area contributed by atoms with Gasteiger partial charge in [-0.25, -0.2) is 4.98 Å². The fourth-order valence-electron chi connectivity index (χ4n) is 2.11. The van der Waals surface area contributed by atoms with E-state index in [0.717, 1.165) is 0 Å². The van der Waals surface area contributed by atoms with Crippen molar-refractivity contribution < 1.29 is 26.3 Å². The number of hydrogen-bond donors (Lipinski definition) is 2. The molecule has 116 valence electrons. The molecule has 9 heteroatoms. The molecule has 2 N–H and O–H groups in total. The summed E-state index contributed by atoms with van der Waals surface area (Å²) in [5, 5.41) is 0. The van der Waals surface area contributed by atoms with Crippen molar-refractivity contribution in [3.63, 3.8) is 0 Å². The number of benzene rings is 1. The van der Waals surface area contributed by atoms with Crippen molar-refractivity contribution in [2.24, 2.45) is 0 Å². The summed E-state index contributed by atoms with van der Waals surface area (Å²) in [4.78, 5) is 8.96. The minimum Gasteiger partial charge on any atom is -0.367 e. The van der Waals surface area contributed by atoms with E-state index in [1.807, 2.05) is 0 Å². The van der Waals surface area contributed by atoms with E-state index in [1.165, 1.54) is 18.5 Å². The number of alkyl halides is 6. The summed E-state index contributed by atoms with van der Waals surface area (Å²) >= 11 is 0. The average Bonchev–Trinajstić information content (AvgIpc) is 3.03. The standard InChI is InChI=1S/C13H7F6N3/c14-12(15,16)7-3-8(13(17,18)19)10-9(4-7)21-11(22-10)6-1-2-20-5-6/h1-5,20H,(H,21,22). The van der Waals surface area contributed by atoms with Crippen molar-refractivity contribution >= 4 is 11.0 Å². The second kappa shape index (κ2) is 4.52. The number of nitrogens with zero attached hydrogens (tertiary/aromatic N) is 1. The van der Waals surface area contributed by atoms with Crippen LogP contribution >= 0.6 is 0 Å². The minimum absolute atomic E-state index is 0.0566. The summed E-state index contributed by atoms with van der Waals surface area (Å²) in [6.45, 7) is 0. The van der Waals surface area contributed by atoms with Crippen LogP contribution < -0.4 is 0 Å². The number of hydrogen-bond acceptors (Lipinski definition) is 1. The summed E-state index contributed by atoms with van der Waals surface area (Å²) in [5.41, 5.74) is -3.22. The number of aromatic nitrogens is 3. The van der Waals surface area contributed by atoms with E-state index in [0.29, 0.717) is 11.6 Å². The predicted molar refractivity (Wildman–Crippen MR) is 65.9 cm³/mol. The van der Waals surface area contributed by atoms with Crippen LogP contribution in [0.4, 0.5) is 26.3 Å². The second-order valence-corrected chi connectivity index (χ2v) is 4.60. The Hall–Kier alpha value is -2.45. The Labute approximate surface area is 119 Å². The molecule has 0 atom stereocenters. The Morgan fingerprint density at radius 1 is 0.955 bits per heavy atom. The smallest absolute Gasteiger partial charge is 0.367 e. The van der Waals surface area contributed by atoms with Gasteiger partial charge in [0.05, 0.1) is 16.6 Å². The summed E-state index contributed by atoms with van der Waals surface area (Å²) in [6, 6.07) is 2.23.